The molecule has 0 aliphatic carbocycles. The van der Waals surface area contributed by atoms with Gasteiger partial charge in [0.05, 0.1) is 5.56 Å². The largest absolute Gasteiger partial charge is 0.489 e. The molecule has 0 radical (unpaired) electrons. The Morgan fingerprint density at radius 1 is 1.19 bits per heavy atom. The van der Waals surface area contributed by atoms with E-state index in [1.165, 1.54) is 11.0 Å². The molecule has 0 heterocycles. The third-order valence-electron chi connectivity index (χ3n) is 2.80. The molecule has 0 aliphatic rings. The number of rotatable bonds is 4. The Morgan fingerprint density at radius 2 is 1.95 bits per heavy atom. The summed E-state index contributed by atoms with van der Waals surface area (Å²) in [5, 5.41) is 8.66. The Balaban J connectivity index is 2.05. The standard InChI is InChI=1S/C17H15FO2S/c1-21-16-7-5-15(6-8-16)20-12-13-4-9-17(18)14(11-13)3-2-10-19/h4-9,11,19H,10,12H2,1H3. The van der Waals surface area contributed by atoms with Crippen molar-refractivity contribution in [2.45, 2.75) is 11.5 Å². The fourth-order valence-electron chi connectivity index (χ4n) is 1.73. The van der Waals surface area contributed by atoms with Gasteiger partial charge in [0.1, 0.15) is 24.8 Å². The maximum atomic E-state index is 13.5. The predicted octanol–water partition coefficient (Wildman–Crippen LogP) is 3.47. The van der Waals surface area contributed by atoms with Crippen molar-refractivity contribution in [2.75, 3.05) is 12.9 Å². The quantitative estimate of drug-likeness (QED) is 0.693. The van der Waals surface area contributed by atoms with Crippen molar-refractivity contribution in [3.63, 3.8) is 0 Å². The highest BCUT2D eigenvalue weighted by atomic mass is 32.2. The fourth-order valence-corrected chi connectivity index (χ4v) is 2.14. The SMILES string of the molecule is CSc1ccc(OCc2ccc(F)c(C#CCO)c2)cc1. The summed E-state index contributed by atoms with van der Waals surface area (Å²) < 4.78 is 19.2. The lowest BCUT2D eigenvalue weighted by Crippen LogP contribution is -1.97. The highest BCUT2D eigenvalue weighted by Gasteiger charge is 2.02. The zero-order valence-electron chi connectivity index (χ0n) is 11.6. The van der Waals surface area contributed by atoms with Crippen molar-refractivity contribution in [2.24, 2.45) is 0 Å². The Hall–Kier alpha value is -1.96. The first-order valence-corrected chi connectivity index (χ1v) is 7.60. The summed E-state index contributed by atoms with van der Waals surface area (Å²) in [5.41, 5.74) is 1.09. The van der Waals surface area contributed by atoms with E-state index in [-0.39, 0.29) is 12.2 Å². The van der Waals surface area contributed by atoms with Gasteiger partial charge in [-0.15, -0.1) is 11.8 Å². The average molecular weight is 302 g/mol. The summed E-state index contributed by atoms with van der Waals surface area (Å²) in [4.78, 5) is 1.17. The van der Waals surface area contributed by atoms with Crippen LogP contribution in [0.4, 0.5) is 4.39 Å². The molecule has 0 saturated carbocycles. The van der Waals surface area contributed by atoms with Gasteiger partial charge in [0.2, 0.25) is 0 Å². The van der Waals surface area contributed by atoms with Crippen LogP contribution in [0.5, 0.6) is 5.75 Å². The van der Waals surface area contributed by atoms with Gasteiger partial charge in [0.25, 0.3) is 0 Å². The molecule has 1 N–H and O–H groups in total. The normalized spacial score (nSPS) is 9.86. The first-order valence-electron chi connectivity index (χ1n) is 6.38. The molecule has 2 aromatic rings. The fraction of sp³-hybridized carbons (Fsp3) is 0.176. The minimum atomic E-state index is -0.399. The molecule has 0 saturated heterocycles. The zero-order chi connectivity index (χ0) is 15.1. The van der Waals surface area contributed by atoms with Crippen LogP contribution in [0.2, 0.25) is 0 Å². The molecule has 4 heteroatoms. The van der Waals surface area contributed by atoms with Gasteiger partial charge in [0, 0.05) is 4.90 Å². The molecule has 2 aromatic carbocycles. The molecule has 0 bridgehead atoms. The Labute approximate surface area is 128 Å². The summed E-state index contributed by atoms with van der Waals surface area (Å²) in [7, 11) is 0. The number of hydrogen-bond donors (Lipinski definition) is 1. The zero-order valence-corrected chi connectivity index (χ0v) is 12.4. The van der Waals surface area contributed by atoms with Crippen LogP contribution in [-0.2, 0) is 6.61 Å². The van der Waals surface area contributed by atoms with E-state index in [0.29, 0.717) is 6.61 Å². The number of benzene rings is 2. The lowest BCUT2D eigenvalue weighted by molar-refractivity contribution is 0.306. The maximum Gasteiger partial charge on any atom is 0.138 e. The molecular formula is C17H15FO2S. The smallest absolute Gasteiger partial charge is 0.138 e. The van der Waals surface area contributed by atoms with E-state index in [4.69, 9.17) is 9.84 Å². The summed E-state index contributed by atoms with van der Waals surface area (Å²) in [6.07, 6.45) is 2.02. The van der Waals surface area contributed by atoms with Gasteiger partial charge in [-0.3, -0.25) is 0 Å². The maximum absolute atomic E-state index is 13.5. The van der Waals surface area contributed by atoms with E-state index >= 15 is 0 Å². The van der Waals surface area contributed by atoms with Gasteiger partial charge < -0.3 is 9.84 Å². The van der Waals surface area contributed by atoms with E-state index in [9.17, 15) is 4.39 Å². The summed E-state index contributed by atoms with van der Waals surface area (Å²) in [5.74, 6) is 5.39. The van der Waals surface area contributed by atoms with Crippen LogP contribution in [0, 0.1) is 17.7 Å². The molecule has 0 aliphatic heterocycles. The van der Waals surface area contributed by atoms with Gasteiger partial charge >= 0.3 is 0 Å². The number of ether oxygens (including phenoxy) is 1. The molecular weight excluding hydrogens is 287 g/mol. The minimum Gasteiger partial charge on any atom is -0.489 e. The second-order valence-corrected chi connectivity index (χ2v) is 5.12. The van der Waals surface area contributed by atoms with E-state index < -0.39 is 5.82 Å². The van der Waals surface area contributed by atoms with E-state index in [2.05, 4.69) is 11.8 Å². The van der Waals surface area contributed by atoms with Crippen LogP contribution in [0.25, 0.3) is 0 Å². The van der Waals surface area contributed by atoms with Crippen LogP contribution >= 0.6 is 11.8 Å². The second-order valence-electron chi connectivity index (χ2n) is 4.24. The van der Waals surface area contributed by atoms with Crippen molar-refractivity contribution in [1.29, 1.82) is 0 Å². The monoisotopic (exact) mass is 302 g/mol. The van der Waals surface area contributed by atoms with E-state index in [0.717, 1.165) is 11.3 Å². The number of thioether (sulfide) groups is 1. The molecule has 0 aromatic heterocycles. The van der Waals surface area contributed by atoms with Gasteiger partial charge in [0.15, 0.2) is 0 Å². The van der Waals surface area contributed by atoms with Crippen molar-refractivity contribution in [3.05, 3.63) is 59.4 Å². The molecule has 0 spiro atoms. The van der Waals surface area contributed by atoms with Crippen LogP contribution in [-0.4, -0.2) is 18.0 Å². The van der Waals surface area contributed by atoms with Gasteiger partial charge in [-0.25, -0.2) is 4.39 Å². The van der Waals surface area contributed by atoms with Crippen molar-refractivity contribution >= 4 is 11.8 Å². The number of hydrogen-bond acceptors (Lipinski definition) is 3. The van der Waals surface area contributed by atoms with Crippen LogP contribution in [0.15, 0.2) is 47.4 Å². The molecule has 21 heavy (non-hydrogen) atoms. The molecule has 0 fully saturated rings. The number of halogens is 1. The molecule has 108 valence electrons. The van der Waals surface area contributed by atoms with E-state index in [1.807, 2.05) is 30.5 Å². The van der Waals surface area contributed by atoms with Crippen LogP contribution in [0.3, 0.4) is 0 Å². The number of aliphatic hydroxyl groups is 1. The highest BCUT2D eigenvalue weighted by Crippen LogP contribution is 2.20. The molecule has 2 rings (SSSR count). The first-order chi connectivity index (χ1) is 10.2. The Morgan fingerprint density at radius 3 is 2.62 bits per heavy atom. The average Bonchev–Trinajstić information content (AvgIpc) is 2.53. The van der Waals surface area contributed by atoms with E-state index in [1.54, 1.807) is 23.9 Å². The van der Waals surface area contributed by atoms with Gasteiger partial charge in [-0.05, 0) is 48.2 Å². The lowest BCUT2D eigenvalue weighted by Gasteiger charge is -2.07. The summed E-state index contributed by atoms with van der Waals surface area (Å²) in [6, 6.07) is 12.4. The second kappa shape index (κ2) is 7.72. The molecule has 0 atom stereocenters. The molecule has 0 amide bonds. The van der Waals surface area contributed by atoms with Crippen molar-refractivity contribution in [1.82, 2.24) is 0 Å². The Kier molecular flexibility index (Phi) is 5.68. The van der Waals surface area contributed by atoms with Crippen molar-refractivity contribution in [3.8, 4) is 17.6 Å². The molecule has 2 nitrogen and oxygen atoms in total. The van der Waals surface area contributed by atoms with Gasteiger partial charge in [-0.2, -0.15) is 0 Å². The topological polar surface area (TPSA) is 29.5 Å². The Bertz CT molecular complexity index is 657. The minimum absolute atomic E-state index is 0.267. The van der Waals surface area contributed by atoms with Gasteiger partial charge in [-0.1, -0.05) is 17.9 Å². The number of aliphatic hydroxyl groups excluding tert-OH is 1. The summed E-state index contributed by atoms with van der Waals surface area (Å²) in [6.45, 7) is 0.0503. The highest BCUT2D eigenvalue weighted by molar-refractivity contribution is 7.98. The lowest BCUT2D eigenvalue weighted by atomic mass is 10.1. The van der Waals surface area contributed by atoms with Crippen molar-refractivity contribution < 1.29 is 14.2 Å². The van der Waals surface area contributed by atoms with Crippen LogP contribution in [0.1, 0.15) is 11.1 Å². The van der Waals surface area contributed by atoms with Crippen LogP contribution < -0.4 is 4.74 Å². The molecule has 0 unspecified atom stereocenters. The summed E-state index contributed by atoms with van der Waals surface area (Å²) >= 11 is 1.67. The third kappa shape index (κ3) is 4.52. The third-order valence-corrected chi connectivity index (χ3v) is 3.54. The predicted molar refractivity (Wildman–Crippen MR) is 82.9 cm³/mol. The first kappa shape index (κ1) is 15.4.